The van der Waals surface area contributed by atoms with Crippen molar-refractivity contribution < 1.29 is 22.8 Å². The van der Waals surface area contributed by atoms with Gasteiger partial charge >= 0.3 is 6.18 Å². The number of halogens is 3. The van der Waals surface area contributed by atoms with Gasteiger partial charge in [0.05, 0.1) is 5.88 Å². The second kappa shape index (κ2) is 6.43. The summed E-state index contributed by atoms with van der Waals surface area (Å²) in [5, 5.41) is 2.11. The first-order chi connectivity index (χ1) is 10.7. The molecule has 0 radical (unpaired) electrons. The first-order valence-corrected chi connectivity index (χ1v) is 8.11. The lowest BCUT2D eigenvalue weighted by molar-refractivity contribution is -0.198. The minimum absolute atomic E-state index is 0.0547. The van der Waals surface area contributed by atoms with Crippen LogP contribution in [-0.2, 0) is 15.1 Å². The Hall–Kier alpha value is -1.70. The van der Waals surface area contributed by atoms with E-state index >= 15 is 0 Å². The van der Waals surface area contributed by atoms with Crippen LogP contribution in [0.5, 0.6) is 0 Å². The van der Waals surface area contributed by atoms with Crippen LogP contribution in [-0.4, -0.2) is 40.6 Å². The summed E-state index contributed by atoms with van der Waals surface area (Å²) in [7, 11) is 0. The van der Waals surface area contributed by atoms with Crippen molar-refractivity contribution in [3.63, 3.8) is 0 Å². The maximum absolute atomic E-state index is 13.6. The molecule has 0 spiro atoms. The normalized spacial score (nSPS) is 20.9. The minimum atomic E-state index is -4.67. The summed E-state index contributed by atoms with van der Waals surface area (Å²) in [6, 6.07) is 6.33. The summed E-state index contributed by atoms with van der Waals surface area (Å²) < 4.78 is 40.8. The highest BCUT2D eigenvalue weighted by atomic mass is 32.2. The molecule has 0 bridgehead atoms. The van der Waals surface area contributed by atoms with Gasteiger partial charge in [0.25, 0.3) is 0 Å². The highest BCUT2D eigenvalue weighted by molar-refractivity contribution is 7.99. The molecule has 2 amide bonds. The van der Waals surface area contributed by atoms with E-state index in [1.807, 2.05) is 0 Å². The molecule has 23 heavy (non-hydrogen) atoms. The van der Waals surface area contributed by atoms with E-state index in [2.05, 4.69) is 5.32 Å². The maximum Gasteiger partial charge on any atom is 0.415 e. The predicted octanol–water partition coefficient (Wildman–Crippen LogP) is 2.50. The fourth-order valence-electron chi connectivity index (χ4n) is 2.38. The Kier molecular flexibility index (Phi) is 4.93. The topological polar surface area (TPSA) is 49.4 Å². The maximum atomic E-state index is 13.6. The second-order valence-corrected chi connectivity index (χ2v) is 6.48. The van der Waals surface area contributed by atoms with Crippen molar-refractivity contribution >= 4 is 23.6 Å². The molecule has 1 heterocycles. The zero-order chi connectivity index (χ0) is 17.3. The van der Waals surface area contributed by atoms with Crippen LogP contribution in [0.25, 0.3) is 0 Å². The molecule has 1 aromatic carbocycles. The lowest BCUT2D eigenvalue weighted by Crippen LogP contribution is -2.58. The van der Waals surface area contributed by atoms with Gasteiger partial charge in [-0.05, 0) is 12.5 Å². The van der Waals surface area contributed by atoms with E-state index in [9.17, 15) is 22.8 Å². The number of rotatable bonds is 3. The molecule has 1 aliphatic heterocycles. The van der Waals surface area contributed by atoms with E-state index in [4.69, 9.17) is 0 Å². The van der Waals surface area contributed by atoms with Crippen molar-refractivity contribution in [2.75, 3.05) is 11.6 Å². The number of carbonyl (C=O) groups is 2. The first kappa shape index (κ1) is 17.7. The van der Waals surface area contributed by atoms with Gasteiger partial charge in [0.1, 0.15) is 6.04 Å². The molecule has 0 unspecified atom stereocenters. The quantitative estimate of drug-likeness (QED) is 0.915. The third kappa shape index (κ3) is 3.46. The Balaban J connectivity index is 2.29. The minimum Gasteiger partial charge on any atom is -0.337 e. The molecular weight excluding hydrogens is 329 g/mol. The lowest BCUT2D eigenvalue weighted by Gasteiger charge is -2.35. The Morgan fingerprint density at radius 2 is 1.87 bits per heavy atom. The molecule has 1 fully saturated rings. The molecule has 1 N–H and O–H groups in total. The number of nitrogens with zero attached hydrogens (tertiary/aromatic N) is 1. The van der Waals surface area contributed by atoms with Gasteiger partial charge in [0.2, 0.25) is 11.8 Å². The van der Waals surface area contributed by atoms with E-state index < -0.39 is 23.7 Å². The summed E-state index contributed by atoms with van der Waals surface area (Å²) in [6.45, 7) is 2.23. The number of hydrogen-bond donors (Lipinski definition) is 1. The summed E-state index contributed by atoms with van der Waals surface area (Å²) in [5.41, 5.74) is -2.57. The van der Waals surface area contributed by atoms with E-state index in [0.29, 0.717) is 5.88 Å². The first-order valence-electron chi connectivity index (χ1n) is 6.96. The van der Waals surface area contributed by atoms with Gasteiger partial charge in [-0.1, -0.05) is 30.3 Å². The van der Waals surface area contributed by atoms with Gasteiger partial charge in [0.15, 0.2) is 5.54 Å². The Morgan fingerprint density at radius 3 is 2.39 bits per heavy atom. The number of amides is 2. The number of nitrogens with one attached hydrogen (secondary N) is 1. The largest absolute Gasteiger partial charge is 0.415 e. The number of carbonyl (C=O) groups excluding carboxylic acids is 2. The van der Waals surface area contributed by atoms with E-state index in [1.54, 1.807) is 6.07 Å². The van der Waals surface area contributed by atoms with E-state index in [0.717, 1.165) is 6.92 Å². The molecule has 0 aliphatic carbocycles. The van der Waals surface area contributed by atoms with Crippen LogP contribution in [0, 0.1) is 0 Å². The summed E-state index contributed by atoms with van der Waals surface area (Å²) in [4.78, 5) is 25.2. The average Bonchev–Trinajstić information content (AvgIpc) is 2.96. The molecule has 0 saturated carbocycles. The van der Waals surface area contributed by atoms with Gasteiger partial charge in [-0.25, -0.2) is 0 Å². The predicted molar refractivity (Wildman–Crippen MR) is 81.6 cm³/mol. The molecule has 2 atom stereocenters. The van der Waals surface area contributed by atoms with Crippen LogP contribution in [0.1, 0.15) is 19.4 Å². The van der Waals surface area contributed by atoms with Crippen molar-refractivity contribution in [3.8, 4) is 0 Å². The molecule has 0 aromatic heterocycles. The molecule has 4 nitrogen and oxygen atoms in total. The SMILES string of the molecule is CC(=O)N1CSC[C@H]1C(=O)N[C@@](C)(c1ccccc1)C(F)(F)F. The molecule has 8 heteroatoms. The molecule has 1 saturated heterocycles. The van der Waals surface area contributed by atoms with E-state index in [1.165, 1.54) is 47.9 Å². The summed E-state index contributed by atoms with van der Waals surface area (Å²) >= 11 is 1.34. The summed E-state index contributed by atoms with van der Waals surface area (Å²) in [5.74, 6) is -0.534. The molecule has 1 aromatic rings. The highest BCUT2D eigenvalue weighted by Crippen LogP contribution is 2.39. The van der Waals surface area contributed by atoms with Crippen LogP contribution < -0.4 is 5.32 Å². The lowest BCUT2D eigenvalue weighted by atomic mass is 9.90. The Labute approximate surface area is 136 Å². The molecule has 126 valence electrons. The van der Waals surface area contributed by atoms with E-state index in [-0.39, 0.29) is 17.2 Å². The van der Waals surface area contributed by atoms with Crippen molar-refractivity contribution in [2.45, 2.75) is 31.6 Å². The van der Waals surface area contributed by atoms with Crippen LogP contribution in [0.2, 0.25) is 0 Å². The van der Waals surface area contributed by atoms with Crippen LogP contribution in [0.15, 0.2) is 30.3 Å². The zero-order valence-electron chi connectivity index (χ0n) is 12.7. The van der Waals surface area contributed by atoms with Gasteiger partial charge in [-0.2, -0.15) is 13.2 Å². The Morgan fingerprint density at radius 1 is 1.26 bits per heavy atom. The smallest absolute Gasteiger partial charge is 0.337 e. The molecule has 2 rings (SSSR count). The van der Waals surface area contributed by atoms with Gasteiger partial charge in [-0.15, -0.1) is 11.8 Å². The van der Waals surface area contributed by atoms with Crippen molar-refractivity contribution in [1.82, 2.24) is 10.2 Å². The van der Waals surface area contributed by atoms with Gasteiger partial charge < -0.3 is 10.2 Å². The van der Waals surface area contributed by atoms with Crippen LogP contribution in [0.3, 0.4) is 0 Å². The second-order valence-electron chi connectivity index (χ2n) is 5.48. The highest BCUT2D eigenvalue weighted by Gasteiger charge is 2.54. The number of thioether (sulfide) groups is 1. The van der Waals surface area contributed by atoms with Crippen molar-refractivity contribution in [1.29, 1.82) is 0 Å². The number of hydrogen-bond acceptors (Lipinski definition) is 3. The molecule has 1 aliphatic rings. The Bertz CT molecular complexity index is 594. The monoisotopic (exact) mass is 346 g/mol. The van der Waals surface area contributed by atoms with Crippen molar-refractivity contribution in [3.05, 3.63) is 35.9 Å². The number of benzene rings is 1. The average molecular weight is 346 g/mol. The zero-order valence-corrected chi connectivity index (χ0v) is 13.5. The standard InChI is InChI=1S/C15H17F3N2O2S/c1-10(21)20-9-23-8-12(20)13(22)19-14(2,15(16,17)18)11-6-4-3-5-7-11/h3-7,12H,8-9H2,1-2H3,(H,19,22)/t12-,14-/m0/s1. The fourth-order valence-corrected chi connectivity index (χ4v) is 3.60. The van der Waals surface area contributed by atoms with Crippen LogP contribution >= 0.6 is 11.8 Å². The number of alkyl halides is 3. The van der Waals surface area contributed by atoms with Crippen LogP contribution in [0.4, 0.5) is 13.2 Å². The third-order valence-corrected chi connectivity index (χ3v) is 4.89. The van der Waals surface area contributed by atoms with Gasteiger partial charge in [0, 0.05) is 12.7 Å². The molecular formula is C15H17F3N2O2S. The summed E-state index contributed by atoms with van der Waals surface area (Å²) in [6.07, 6.45) is -4.67. The van der Waals surface area contributed by atoms with Gasteiger partial charge in [-0.3, -0.25) is 9.59 Å². The third-order valence-electron chi connectivity index (χ3n) is 3.88. The van der Waals surface area contributed by atoms with Crippen molar-refractivity contribution in [2.24, 2.45) is 0 Å². The fraction of sp³-hybridized carbons (Fsp3) is 0.467.